The van der Waals surface area contributed by atoms with Crippen LogP contribution in [0.5, 0.6) is 5.75 Å². The number of carbonyl (C=O) groups excluding carboxylic acids is 1. The van der Waals surface area contributed by atoms with E-state index >= 15 is 0 Å². The van der Waals surface area contributed by atoms with Crippen LogP contribution in [-0.2, 0) is 4.79 Å². The molecule has 0 radical (unpaired) electrons. The van der Waals surface area contributed by atoms with E-state index in [0.29, 0.717) is 0 Å². The van der Waals surface area contributed by atoms with Gasteiger partial charge in [0.15, 0.2) is 0 Å². The fraction of sp³-hybridized carbons (Fsp3) is 0.312. The highest BCUT2D eigenvalue weighted by Gasteiger charge is 2.14. The van der Waals surface area contributed by atoms with Crippen molar-refractivity contribution in [3.63, 3.8) is 0 Å². The molecule has 2 rings (SSSR count). The van der Waals surface area contributed by atoms with E-state index in [9.17, 15) is 4.79 Å². The Labute approximate surface area is 118 Å². The quantitative estimate of drug-likeness (QED) is 0.811. The van der Waals surface area contributed by atoms with Crippen molar-refractivity contribution in [2.45, 2.75) is 19.4 Å². The van der Waals surface area contributed by atoms with Crippen LogP contribution in [-0.4, -0.2) is 25.1 Å². The number of primary amides is 1. The molecule has 0 saturated carbocycles. The minimum atomic E-state index is -0.457. The molecule has 0 aliphatic carbocycles. The molecular weight excluding hydrogens is 252 g/mol. The molecule has 4 nitrogen and oxygen atoms in total. The molecule has 0 spiro atoms. The molecule has 1 atom stereocenters. The summed E-state index contributed by atoms with van der Waals surface area (Å²) in [5, 5.41) is 5.35. The van der Waals surface area contributed by atoms with Crippen molar-refractivity contribution in [1.82, 2.24) is 5.32 Å². The van der Waals surface area contributed by atoms with Gasteiger partial charge in [-0.3, -0.25) is 4.79 Å². The summed E-state index contributed by atoms with van der Waals surface area (Å²) in [7, 11) is 0. The number of fused-ring (bicyclic) bond motifs is 1. The third-order valence-electron chi connectivity index (χ3n) is 3.12. The highest BCUT2D eigenvalue weighted by atomic mass is 16.5. The average Bonchev–Trinajstić information content (AvgIpc) is 2.46. The minimum absolute atomic E-state index is 0.244. The number of carbonyl (C=O) groups is 1. The maximum Gasteiger partial charge on any atom is 0.238 e. The molecule has 3 N–H and O–H groups in total. The standard InChI is InChI=1S/C16H20N2O2/c1-2-9-18-15(16(17)19)11-20-14-8-7-12-5-3-4-6-13(12)10-14/h3-8,10,15,18H,2,9,11H2,1H3,(H2,17,19). The maximum absolute atomic E-state index is 11.3. The Bertz CT molecular complexity index is 583. The molecule has 1 unspecified atom stereocenters. The third kappa shape index (κ3) is 3.71. The molecule has 0 fully saturated rings. The van der Waals surface area contributed by atoms with Gasteiger partial charge in [0.1, 0.15) is 18.4 Å². The fourth-order valence-corrected chi connectivity index (χ4v) is 2.00. The normalized spacial score (nSPS) is 12.2. The van der Waals surface area contributed by atoms with Crippen molar-refractivity contribution in [2.75, 3.05) is 13.2 Å². The van der Waals surface area contributed by atoms with Crippen LogP contribution in [0.15, 0.2) is 42.5 Å². The predicted octanol–water partition coefficient (Wildman–Crippen LogP) is 2.07. The van der Waals surface area contributed by atoms with Gasteiger partial charge in [-0.25, -0.2) is 0 Å². The molecule has 0 aliphatic heterocycles. The monoisotopic (exact) mass is 272 g/mol. The number of hydrogen-bond acceptors (Lipinski definition) is 3. The van der Waals surface area contributed by atoms with Gasteiger partial charge in [-0.2, -0.15) is 0 Å². The van der Waals surface area contributed by atoms with E-state index in [4.69, 9.17) is 10.5 Å². The second-order valence-electron chi connectivity index (χ2n) is 4.73. The number of rotatable bonds is 7. The first-order valence-electron chi connectivity index (χ1n) is 6.85. The van der Waals surface area contributed by atoms with Crippen LogP contribution >= 0.6 is 0 Å². The van der Waals surface area contributed by atoms with E-state index < -0.39 is 6.04 Å². The number of nitrogens with one attached hydrogen (secondary N) is 1. The first-order valence-corrected chi connectivity index (χ1v) is 6.85. The molecule has 0 saturated heterocycles. The lowest BCUT2D eigenvalue weighted by molar-refractivity contribution is -0.120. The Morgan fingerprint density at radius 2 is 2.00 bits per heavy atom. The maximum atomic E-state index is 11.3. The molecule has 0 heterocycles. The van der Waals surface area contributed by atoms with E-state index in [1.165, 1.54) is 0 Å². The van der Waals surface area contributed by atoms with Crippen LogP contribution in [0, 0.1) is 0 Å². The Kier molecular flexibility index (Phi) is 4.96. The molecule has 106 valence electrons. The summed E-state index contributed by atoms with van der Waals surface area (Å²) in [6.45, 7) is 3.03. The zero-order valence-electron chi connectivity index (χ0n) is 11.6. The SMILES string of the molecule is CCCNC(COc1ccc2ccccc2c1)C(N)=O. The molecule has 4 heteroatoms. The van der Waals surface area contributed by atoms with E-state index in [1.54, 1.807) is 0 Å². The minimum Gasteiger partial charge on any atom is -0.491 e. The number of nitrogens with two attached hydrogens (primary N) is 1. The zero-order chi connectivity index (χ0) is 14.4. The largest absolute Gasteiger partial charge is 0.491 e. The molecule has 0 bridgehead atoms. The van der Waals surface area contributed by atoms with Crippen LogP contribution in [0.25, 0.3) is 10.8 Å². The first-order chi connectivity index (χ1) is 9.70. The van der Waals surface area contributed by atoms with E-state index in [0.717, 1.165) is 29.5 Å². The molecule has 1 amide bonds. The van der Waals surface area contributed by atoms with E-state index in [1.807, 2.05) is 49.4 Å². The fourth-order valence-electron chi connectivity index (χ4n) is 2.00. The van der Waals surface area contributed by atoms with Gasteiger partial charge in [-0.05, 0) is 35.9 Å². The van der Waals surface area contributed by atoms with Gasteiger partial charge < -0.3 is 15.8 Å². The number of ether oxygens (including phenoxy) is 1. The highest BCUT2D eigenvalue weighted by Crippen LogP contribution is 2.20. The summed E-state index contributed by atoms with van der Waals surface area (Å²) in [5.74, 6) is 0.354. The number of amides is 1. The van der Waals surface area contributed by atoms with Crippen LogP contribution in [0.3, 0.4) is 0 Å². The van der Waals surface area contributed by atoms with Crippen molar-refractivity contribution >= 4 is 16.7 Å². The first kappa shape index (κ1) is 14.3. The molecule has 0 aromatic heterocycles. The summed E-state index contributed by atoms with van der Waals surface area (Å²) >= 11 is 0. The highest BCUT2D eigenvalue weighted by molar-refractivity contribution is 5.83. The molecule has 2 aromatic rings. The average molecular weight is 272 g/mol. The van der Waals surface area contributed by atoms with Crippen molar-refractivity contribution in [1.29, 1.82) is 0 Å². The van der Waals surface area contributed by atoms with E-state index in [-0.39, 0.29) is 12.5 Å². The van der Waals surface area contributed by atoms with Crippen LogP contribution in [0.4, 0.5) is 0 Å². The van der Waals surface area contributed by atoms with E-state index in [2.05, 4.69) is 5.32 Å². The number of hydrogen-bond donors (Lipinski definition) is 2. The lowest BCUT2D eigenvalue weighted by atomic mass is 10.1. The zero-order valence-corrected chi connectivity index (χ0v) is 11.6. The number of benzene rings is 2. The van der Waals surface area contributed by atoms with Gasteiger partial charge in [-0.15, -0.1) is 0 Å². The Morgan fingerprint density at radius 1 is 1.25 bits per heavy atom. The summed E-state index contributed by atoms with van der Waals surface area (Å²) in [4.78, 5) is 11.3. The van der Waals surface area contributed by atoms with Crippen LogP contribution in [0.1, 0.15) is 13.3 Å². The Balaban J connectivity index is 2.01. The summed E-state index contributed by atoms with van der Waals surface area (Å²) < 4.78 is 5.67. The molecule has 20 heavy (non-hydrogen) atoms. The third-order valence-corrected chi connectivity index (χ3v) is 3.12. The van der Waals surface area contributed by atoms with Crippen molar-refractivity contribution in [3.8, 4) is 5.75 Å². The Hall–Kier alpha value is -2.07. The smallest absolute Gasteiger partial charge is 0.238 e. The van der Waals surface area contributed by atoms with Crippen LogP contribution < -0.4 is 15.8 Å². The summed E-state index contributed by atoms with van der Waals surface area (Å²) in [5.41, 5.74) is 5.35. The van der Waals surface area contributed by atoms with Gasteiger partial charge in [-0.1, -0.05) is 37.3 Å². The van der Waals surface area contributed by atoms with Gasteiger partial charge in [0, 0.05) is 0 Å². The molecular formula is C16H20N2O2. The second-order valence-corrected chi connectivity index (χ2v) is 4.73. The van der Waals surface area contributed by atoms with Crippen molar-refractivity contribution in [2.24, 2.45) is 5.73 Å². The predicted molar refractivity (Wildman–Crippen MR) is 80.7 cm³/mol. The molecule has 2 aromatic carbocycles. The Morgan fingerprint density at radius 3 is 2.70 bits per heavy atom. The van der Waals surface area contributed by atoms with Gasteiger partial charge in [0.25, 0.3) is 0 Å². The second kappa shape index (κ2) is 6.91. The lowest BCUT2D eigenvalue weighted by Crippen LogP contribution is -2.45. The van der Waals surface area contributed by atoms with Gasteiger partial charge in [0.05, 0.1) is 0 Å². The van der Waals surface area contributed by atoms with Gasteiger partial charge in [0.2, 0.25) is 5.91 Å². The summed E-state index contributed by atoms with van der Waals surface area (Å²) in [6, 6.07) is 13.5. The van der Waals surface area contributed by atoms with Gasteiger partial charge >= 0.3 is 0 Å². The molecule has 0 aliphatic rings. The van der Waals surface area contributed by atoms with Crippen molar-refractivity contribution < 1.29 is 9.53 Å². The van der Waals surface area contributed by atoms with Crippen molar-refractivity contribution in [3.05, 3.63) is 42.5 Å². The van der Waals surface area contributed by atoms with Crippen LogP contribution in [0.2, 0.25) is 0 Å². The lowest BCUT2D eigenvalue weighted by Gasteiger charge is -2.16. The summed E-state index contributed by atoms with van der Waals surface area (Å²) in [6.07, 6.45) is 0.944. The topological polar surface area (TPSA) is 64.3 Å².